The number of benzene rings is 3. The molecule has 3 aromatic rings. The molecule has 134 valence electrons. The molecule has 3 aromatic carbocycles. The van der Waals surface area contributed by atoms with E-state index in [1.54, 1.807) is 14.2 Å². The fourth-order valence-corrected chi connectivity index (χ4v) is 2.91. The molecule has 5 nitrogen and oxygen atoms in total. The topological polar surface area (TPSA) is 68.9 Å². The fourth-order valence-electron chi connectivity index (χ4n) is 2.91. The zero-order chi connectivity index (χ0) is 18.4. The van der Waals surface area contributed by atoms with Crippen LogP contribution in [0.3, 0.4) is 0 Å². The maximum Gasteiger partial charge on any atom is 0.193 e. The molecular weight excluding hydrogens is 326 g/mol. The van der Waals surface area contributed by atoms with Gasteiger partial charge in [0.05, 0.1) is 14.2 Å². The summed E-state index contributed by atoms with van der Waals surface area (Å²) in [7, 11) is 3.21. The Balaban J connectivity index is 1.65. The monoisotopic (exact) mass is 349 g/mol. The summed E-state index contributed by atoms with van der Waals surface area (Å²) in [5.74, 6) is 1.68. The number of nitrogens with two attached hydrogens (primary N) is 1. The Morgan fingerprint density at radius 1 is 0.962 bits per heavy atom. The van der Waals surface area contributed by atoms with E-state index in [1.165, 1.54) is 16.3 Å². The van der Waals surface area contributed by atoms with E-state index in [4.69, 9.17) is 15.2 Å². The van der Waals surface area contributed by atoms with Crippen LogP contribution in [0, 0.1) is 0 Å². The predicted octanol–water partition coefficient (Wildman–Crippen LogP) is 3.83. The molecule has 0 amide bonds. The lowest BCUT2D eigenvalue weighted by Crippen LogP contribution is -2.23. The quantitative estimate of drug-likeness (QED) is 0.524. The van der Waals surface area contributed by atoms with Gasteiger partial charge in [0.1, 0.15) is 0 Å². The van der Waals surface area contributed by atoms with Gasteiger partial charge in [-0.25, -0.2) is 0 Å². The summed E-state index contributed by atoms with van der Waals surface area (Å²) in [6.45, 7) is 0.611. The van der Waals surface area contributed by atoms with Gasteiger partial charge < -0.3 is 20.5 Å². The molecule has 0 aliphatic heterocycles. The average Bonchev–Trinajstić information content (AvgIpc) is 2.68. The van der Waals surface area contributed by atoms with E-state index >= 15 is 0 Å². The molecule has 0 aliphatic rings. The summed E-state index contributed by atoms with van der Waals surface area (Å²) >= 11 is 0. The van der Waals surface area contributed by atoms with E-state index < -0.39 is 0 Å². The largest absolute Gasteiger partial charge is 0.493 e. The molecule has 0 aliphatic carbocycles. The average molecular weight is 349 g/mol. The molecule has 0 radical (unpaired) electrons. The third kappa shape index (κ3) is 4.06. The van der Waals surface area contributed by atoms with Crippen molar-refractivity contribution < 1.29 is 9.47 Å². The van der Waals surface area contributed by atoms with E-state index in [2.05, 4.69) is 52.8 Å². The molecule has 3 rings (SSSR count). The first-order chi connectivity index (χ1) is 12.7. The Morgan fingerprint density at radius 3 is 2.54 bits per heavy atom. The van der Waals surface area contributed by atoms with Gasteiger partial charge in [-0.2, -0.15) is 0 Å². The van der Waals surface area contributed by atoms with Crippen molar-refractivity contribution >= 4 is 22.4 Å². The minimum Gasteiger partial charge on any atom is -0.493 e. The first kappa shape index (κ1) is 17.6. The molecule has 0 saturated carbocycles. The van der Waals surface area contributed by atoms with Gasteiger partial charge in [-0.3, -0.25) is 4.99 Å². The minimum atomic E-state index is 0.373. The second-order valence-electron chi connectivity index (χ2n) is 5.85. The van der Waals surface area contributed by atoms with Crippen LogP contribution in [-0.2, 0) is 6.42 Å². The van der Waals surface area contributed by atoms with Crippen LogP contribution in [0.15, 0.2) is 65.7 Å². The standard InChI is InChI=1S/C21H23N3O2/c1-25-19-11-10-17(14-20(19)26-2)24-21(22)23-13-12-16-8-5-7-15-6-3-4-9-18(15)16/h3-11,14H,12-13H2,1-2H3,(H3,22,23,24). The van der Waals surface area contributed by atoms with Crippen LogP contribution in [0.2, 0.25) is 0 Å². The first-order valence-corrected chi connectivity index (χ1v) is 8.47. The number of ether oxygens (including phenoxy) is 2. The van der Waals surface area contributed by atoms with Crippen LogP contribution in [0.4, 0.5) is 5.69 Å². The smallest absolute Gasteiger partial charge is 0.193 e. The van der Waals surface area contributed by atoms with Crippen LogP contribution in [0.1, 0.15) is 5.56 Å². The lowest BCUT2D eigenvalue weighted by Gasteiger charge is -2.11. The van der Waals surface area contributed by atoms with Gasteiger partial charge in [-0.05, 0) is 34.9 Å². The van der Waals surface area contributed by atoms with Crippen LogP contribution >= 0.6 is 0 Å². The summed E-state index contributed by atoms with van der Waals surface area (Å²) in [5, 5.41) is 5.59. The van der Waals surface area contributed by atoms with Crippen molar-refractivity contribution in [3.05, 3.63) is 66.2 Å². The first-order valence-electron chi connectivity index (χ1n) is 8.47. The molecule has 5 heteroatoms. The molecule has 26 heavy (non-hydrogen) atoms. The highest BCUT2D eigenvalue weighted by atomic mass is 16.5. The maximum absolute atomic E-state index is 6.01. The highest BCUT2D eigenvalue weighted by molar-refractivity contribution is 5.92. The zero-order valence-corrected chi connectivity index (χ0v) is 15.0. The molecule has 0 saturated heterocycles. The predicted molar refractivity (Wildman–Crippen MR) is 107 cm³/mol. The summed E-state index contributed by atoms with van der Waals surface area (Å²) < 4.78 is 10.5. The van der Waals surface area contributed by atoms with Gasteiger partial charge in [0.15, 0.2) is 17.5 Å². The third-order valence-corrected chi connectivity index (χ3v) is 4.20. The van der Waals surface area contributed by atoms with Crippen LogP contribution < -0.4 is 20.5 Å². The maximum atomic E-state index is 6.01. The zero-order valence-electron chi connectivity index (χ0n) is 15.0. The molecule has 0 heterocycles. The molecule has 3 N–H and O–H groups in total. The summed E-state index contributed by atoms with van der Waals surface area (Å²) in [5.41, 5.74) is 8.08. The van der Waals surface area contributed by atoms with Crippen LogP contribution in [0.25, 0.3) is 10.8 Å². The van der Waals surface area contributed by atoms with Crippen molar-refractivity contribution in [2.45, 2.75) is 6.42 Å². The van der Waals surface area contributed by atoms with Crippen molar-refractivity contribution in [2.75, 3.05) is 26.1 Å². The van der Waals surface area contributed by atoms with Crippen molar-refractivity contribution in [1.82, 2.24) is 0 Å². The van der Waals surface area contributed by atoms with Gasteiger partial charge in [0, 0.05) is 18.3 Å². The van der Waals surface area contributed by atoms with E-state index in [1.807, 2.05) is 18.2 Å². The van der Waals surface area contributed by atoms with Gasteiger partial charge >= 0.3 is 0 Å². The summed E-state index contributed by atoms with van der Waals surface area (Å²) in [4.78, 5) is 4.43. The Morgan fingerprint density at radius 2 is 1.73 bits per heavy atom. The Labute approximate surface area is 153 Å². The van der Waals surface area contributed by atoms with Crippen LogP contribution in [-0.4, -0.2) is 26.7 Å². The minimum absolute atomic E-state index is 0.373. The van der Waals surface area contributed by atoms with Gasteiger partial charge in [-0.1, -0.05) is 42.5 Å². The highest BCUT2D eigenvalue weighted by Gasteiger charge is 2.05. The second kappa shape index (κ2) is 8.25. The Bertz CT molecular complexity index is 917. The SMILES string of the molecule is COc1ccc(NC(N)=NCCc2cccc3ccccc23)cc1OC. The number of aliphatic imine (C=N–C) groups is 1. The molecular formula is C21H23N3O2. The molecule has 0 atom stereocenters. The second-order valence-corrected chi connectivity index (χ2v) is 5.85. The molecule has 0 unspecified atom stereocenters. The normalized spacial score (nSPS) is 11.4. The van der Waals surface area contributed by atoms with Gasteiger partial charge in [0.25, 0.3) is 0 Å². The number of guanidine groups is 1. The van der Waals surface area contributed by atoms with E-state index in [-0.39, 0.29) is 0 Å². The molecule has 0 spiro atoms. The lowest BCUT2D eigenvalue weighted by molar-refractivity contribution is 0.355. The van der Waals surface area contributed by atoms with E-state index in [9.17, 15) is 0 Å². The summed E-state index contributed by atoms with van der Waals surface area (Å²) in [6, 6.07) is 20.2. The molecule has 0 aromatic heterocycles. The van der Waals surface area contributed by atoms with Crippen LogP contribution in [0.5, 0.6) is 11.5 Å². The van der Waals surface area contributed by atoms with Gasteiger partial charge in [0.2, 0.25) is 0 Å². The number of rotatable bonds is 6. The van der Waals surface area contributed by atoms with Crippen molar-refractivity contribution in [3.8, 4) is 11.5 Å². The number of methoxy groups -OCH3 is 2. The number of nitrogens with zero attached hydrogens (tertiary/aromatic N) is 1. The number of hydrogen-bond acceptors (Lipinski definition) is 3. The number of fused-ring (bicyclic) bond motifs is 1. The van der Waals surface area contributed by atoms with Crippen molar-refractivity contribution in [2.24, 2.45) is 10.7 Å². The molecule has 0 fully saturated rings. The van der Waals surface area contributed by atoms with Gasteiger partial charge in [-0.15, -0.1) is 0 Å². The Hall–Kier alpha value is -3.21. The van der Waals surface area contributed by atoms with E-state index in [0.717, 1.165) is 12.1 Å². The summed E-state index contributed by atoms with van der Waals surface area (Å²) in [6.07, 6.45) is 0.829. The Kier molecular flexibility index (Phi) is 5.59. The van der Waals surface area contributed by atoms with Crippen molar-refractivity contribution in [1.29, 1.82) is 0 Å². The van der Waals surface area contributed by atoms with E-state index in [0.29, 0.717) is 24.0 Å². The highest BCUT2D eigenvalue weighted by Crippen LogP contribution is 2.29. The number of hydrogen-bond donors (Lipinski definition) is 2. The fraction of sp³-hybridized carbons (Fsp3) is 0.190. The number of nitrogens with one attached hydrogen (secondary N) is 1. The number of anilines is 1. The lowest BCUT2D eigenvalue weighted by atomic mass is 10.0. The third-order valence-electron chi connectivity index (χ3n) is 4.20. The molecule has 0 bridgehead atoms. The van der Waals surface area contributed by atoms with Crippen molar-refractivity contribution in [3.63, 3.8) is 0 Å².